The van der Waals surface area contributed by atoms with Crippen molar-refractivity contribution in [2.45, 2.75) is 6.92 Å². The van der Waals surface area contributed by atoms with Crippen LogP contribution in [0.5, 0.6) is 5.88 Å². The number of methoxy groups -OCH3 is 1. The molecular weight excluding hydrogens is 178 g/mol. The first kappa shape index (κ1) is 8.57. The summed E-state index contributed by atoms with van der Waals surface area (Å²) < 4.78 is 5.04. The van der Waals surface area contributed by atoms with E-state index in [-0.39, 0.29) is 0 Å². The van der Waals surface area contributed by atoms with E-state index in [1.54, 1.807) is 6.20 Å². The molecule has 0 unspecified atom stereocenters. The Bertz CT molecular complexity index is 522. The Kier molecular flexibility index (Phi) is 1.86. The van der Waals surface area contributed by atoms with Crippen molar-refractivity contribution in [3.63, 3.8) is 0 Å². The van der Waals surface area contributed by atoms with Gasteiger partial charge in [-0.25, -0.2) is 4.98 Å². The number of hydrogen-bond donors (Lipinski definition) is 1. The second-order valence-corrected chi connectivity index (χ2v) is 2.96. The third-order valence-electron chi connectivity index (χ3n) is 2.18. The zero-order valence-corrected chi connectivity index (χ0v) is 7.96. The Morgan fingerprint density at radius 1 is 1.57 bits per heavy atom. The first-order valence-corrected chi connectivity index (χ1v) is 4.19. The second kappa shape index (κ2) is 3.04. The molecule has 0 aliphatic rings. The molecule has 0 saturated heterocycles. The second-order valence-electron chi connectivity index (χ2n) is 2.96. The number of aromatic amines is 1. The number of aryl methyl sites for hydroxylation is 1. The molecule has 0 spiro atoms. The number of H-pyrrole nitrogens is 1. The molecule has 2 heterocycles. The predicted octanol–water partition coefficient (Wildman–Crippen LogP) is 1.75. The van der Waals surface area contributed by atoms with Crippen molar-refractivity contribution in [3.8, 4) is 11.9 Å². The van der Waals surface area contributed by atoms with Gasteiger partial charge in [0.15, 0.2) is 0 Å². The van der Waals surface area contributed by atoms with Crippen LogP contribution >= 0.6 is 0 Å². The SMILES string of the molecule is COc1nc(C)c2cc[nH]c2c1C#N. The third kappa shape index (κ3) is 1.03. The van der Waals surface area contributed by atoms with Crippen LogP contribution in [0.15, 0.2) is 12.3 Å². The van der Waals surface area contributed by atoms with Crippen molar-refractivity contribution >= 4 is 10.9 Å². The topological polar surface area (TPSA) is 61.7 Å². The molecule has 1 N–H and O–H groups in total. The first-order valence-electron chi connectivity index (χ1n) is 4.19. The zero-order chi connectivity index (χ0) is 10.1. The number of rotatable bonds is 1. The Morgan fingerprint density at radius 3 is 3.00 bits per heavy atom. The Balaban J connectivity index is 2.91. The van der Waals surface area contributed by atoms with Crippen molar-refractivity contribution < 1.29 is 4.74 Å². The highest BCUT2D eigenvalue weighted by molar-refractivity contribution is 5.88. The van der Waals surface area contributed by atoms with E-state index in [0.717, 1.165) is 16.6 Å². The van der Waals surface area contributed by atoms with Crippen LogP contribution in [0.4, 0.5) is 0 Å². The predicted molar refractivity (Wildman–Crippen MR) is 52.1 cm³/mol. The summed E-state index contributed by atoms with van der Waals surface area (Å²) in [5.74, 6) is 0.375. The summed E-state index contributed by atoms with van der Waals surface area (Å²) in [6, 6.07) is 3.98. The van der Waals surface area contributed by atoms with Crippen molar-refractivity contribution in [2.24, 2.45) is 0 Å². The van der Waals surface area contributed by atoms with Crippen LogP contribution in [0.3, 0.4) is 0 Å². The molecule has 2 rings (SSSR count). The molecule has 14 heavy (non-hydrogen) atoms. The molecule has 0 fully saturated rings. The van der Waals surface area contributed by atoms with Crippen molar-refractivity contribution in [1.29, 1.82) is 5.26 Å². The Labute approximate surface area is 81.1 Å². The lowest BCUT2D eigenvalue weighted by Crippen LogP contribution is -1.95. The molecule has 0 aliphatic heterocycles. The molecule has 2 aromatic heterocycles. The van der Waals surface area contributed by atoms with Gasteiger partial charge in [-0.05, 0) is 13.0 Å². The number of nitrogens with one attached hydrogen (secondary N) is 1. The van der Waals surface area contributed by atoms with Crippen LogP contribution in [-0.4, -0.2) is 17.1 Å². The summed E-state index contributed by atoms with van der Waals surface area (Å²) in [4.78, 5) is 7.21. The largest absolute Gasteiger partial charge is 0.480 e. The molecule has 0 aliphatic carbocycles. The molecule has 0 amide bonds. The van der Waals surface area contributed by atoms with E-state index in [9.17, 15) is 0 Å². The van der Waals surface area contributed by atoms with E-state index in [1.807, 2.05) is 13.0 Å². The standard InChI is InChI=1S/C10H9N3O/c1-6-7-3-4-12-9(7)8(5-11)10(13-6)14-2/h3-4,12H,1-2H3. The van der Waals surface area contributed by atoms with Crippen molar-refractivity contribution in [3.05, 3.63) is 23.5 Å². The van der Waals surface area contributed by atoms with Gasteiger partial charge in [-0.15, -0.1) is 0 Å². The van der Waals surface area contributed by atoms with E-state index in [0.29, 0.717) is 11.4 Å². The van der Waals surface area contributed by atoms with Crippen LogP contribution in [0.25, 0.3) is 10.9 Å². The fourth-order valence-corrected chi connectivity index (χ4v) is 1.50. The summed E-state index contributed by atoms with van der Waals surface area (Å²) in [7, 11) is 1.51. The van der Waals surface area contributed by atoms with Gasteiger partial charge in [0.1, 0.15) is 11.6 Å². The fourth-order valence-electron chi connectivity index (χ4n) is 1.50. The van der Waals surface area contributed by atoms with Crippen molar-refractivity contribution in [2.75, 3.05) is 7.11 Å². The molecule has 0 aromatic carbocycles. The lowest BCUT2D eigenvalue weighted by atomic mass is 10.2. The number of ether oxygens (including phenoxy) is 1. The molecule has 0 radical (unpaired) electrons. The molecular formula is C10H9N3O. The van der Waals surface area contributed by atoms with Gasteiger partial charge in [-0.1, -0.05) is 0 Å². The maximum absolute atomic E-state index is 8.97. The van der Waals surface area contributed by atoms with Gasteiger partial charge >= 0.3 is 0 Å². The highest BCUT2D eigenvalue weighted by Crippen LogP contribution is 2.25. The van der Waals surface area contributed by atoms with Crippen LogP contribution in [0.1, 0.15) is 11.3 Å². The van der Waals surface area contributed by atoms with Gasteiger partial charge in [0.2, 0.25) is 5.88 Å². The number of nitriles is 1. The monoisotopic (exact) mass is 187 g/mol. The van der Waals surface area contributed by atoms with Crippen molar-refractivity contribution in [1.82, 2.24) is 9.97 Å². The van der Waals surface area contributed by atoms with E-state index in [2.05, 4.69) is 16.0 Å². The van der Waals surface area contributed by atoms with Gasteiger partial charge in [-0.2, -0.15) is 5.26 Å². The summed E-state index contributed by atoms with van der Waals surface area (Å²) in [5.41, 5.74) is 2.10. The summed E-state index contributed by atoms with van der Waals surface area (Å²) >= 11 is 0. The molecule has 2 aromatic rings. The Hall–Kier alpha value is -2.02. The van der Waals surface area contributed by atoms with E-state index < -0.39 is 0 Å². The minimum atomic E-state index is 0.375. The third-order valence-corrected chi connectivity index (χ3v) is 2.18. The fraction of sp³-hybridized carbons (Fsp3) is 0.200. The molecule has 0 bridgehead atoms. The van der Waals surface area contributed by atoms with E-state index in [1.165, 1.54) is 7.11 Å². The molecule has 4 heteroatoms. The van der Waals surface area contributed by atoms with Crippen LogP contribution in [0, 0.1) is 18.3 Å². The van der Waals surface area contributed by atoms with Gasteiger partial charge < -0.3 is 9.72 Å². The van der Waals surface area contributed by atoms with Gasteiger partial charge in [0.25, 0.3) is 0 Å². The minimum Gasteiger partial charge on any atom is -0.480 e. The molecule has 70 valence electrons. The summed E-state index contributed by atoms with van der Waals surface area (Å²) in [6.07, 6.45) is 1.79. The number of pyridine rings is 1. The smallest absolute Gasteiger partial charge is 0.233 e. The normalized spacial score (nSPS) is 10.1. The average molecular weight is 187 g/mol. The number of hydrogen-bond acceptors (Lipinski definition) is 3. The number of nitrogens with zero attached hydrogens (tertiary/aromatic N) is 2. The van der Waals surface area contributed by atoms with E-state index in [4.69, 9.17) is 10.00 Å². The maximum Gasteiger partial charge on any atom is 0.233 e. The number of aromatic nitrogens is 2. The van der Waals surface area contributed by atoms with E-state index >= 15 is 0 Å². The van der Waals surface area contributed by atoms with Gasteiger partial charge in [0, 0.05) is 11.6 Å². The summed E-state index contributed by atoms with van der Waals surface area (Å²) in [6.45, 7) is 1.89. The highest BCUT2D eigenvalue weighted by atomic mass is 16.5. The highest BCUT2D eigenvalue weighted by Gasteiger charge is 2.12. The number of fused-ring (bicyclic) bond motifs is 1. The lowest BCUT2D eigenvalue weighted by molar-refractivity contribution is 0.396. The molecule has 4 nitrogen and oxygen atoms in total. The van der Waals surface area contributed by atoms with Gasteiger partial charge in [-0.3, -0.25) is 0 Å². The Morgan fingerprint density at radius 2 is 2.36 bits per heavy atom. The van der Waals surface area contributed by atoms with Gasteiger partial charge in [0.05, 0.1) is 18.3 Å². The van der Waals surface area contributed by atoms with Crippen LogP contribution < -0.4 is 4.74 Å². The molecule has 0 atom stereocenters. The first-order chi connectivity index (χ1) is 6.77. The lowest BCUT2D eigenvalue weighted by Gasteiger charge is -2.04. The molecule has 0 saturated carbocycles. The quantitative estimate of drug-likeness (QED) is 0.739. The van der Waals surface area contributed by atoms with Crippen LogP contribution in [-0.2, 0) is 0 Å². The van der Waals surface area contributed by atoms with Crippen LogP contribution in [0.2, 0.25) is 0 Å². The average Bonchev–Trinajstić information content (AvgIpc) is 2.66. The maximum atomic E-state index is 8.97. The minimum absolute atomic E-state index is 0.375. The summed E-state index contributed by atoms with van der Waals surface area (Å²) in [5, 5.41) is 9.93. The zero-order valence-electron chi connectivity index (χ0n) is 7.96.